The number of carbonyl (C=O) groups is 2. The molecule has 3 aliphatic rings. The van der Waals surface area contributed by atoms with Crippen molar-refractivity contribution >= 4 is 19.0 Å². The molecule has 1 aromatic rings. The number of nitrogens with zero attached hydrogens (tertiary/aromatic N) is 1. The summed E-state index contributed by atoms with van der Waals surface area (Å²) in [4.78, 5) is 25.7. The second-order valence-electron chi connectivity index (χ2n) is 7.18. The van der Waals surface area contributed by atoms with Crippen molar-refractivity contribution in [2.24, 2.45) is 0 Å². The normalized spacial score (nSPS) is 24.8. The van der Waals surface area contributed by atoms with Gasteiger partial charge in [0.05, 0.1) is 25.2 Å². The smallest absolute Gasteiger partial charge is 0.522 e. The molecule has 10 heteroatoms. The van der Waals surface area contributed by atoms with Gasteiger partial charge in [-0.25, -0.2) is 4.79 Å². The average Bonchev–Trinajstić information content (AvgIpc) is 3.02. The fraction of sp³-hybridized carbons (Fsp3) is 0.529. The summed E-state index contributed by atoms with van der Waals surface area (Å²) in [6.45, 7) is 1.12. The first-order valence-corrected chi connectivity index (χ1v) is 9.03. The molecule has 1 amide bonds. The maximum Gasteiger partial charge on any atom is 0.522 e. The van der Waals surface area contributed by atoms with Crippen molar-refractivity contribution in [3.8, 4) is 11.5 Å². The number of benzene rings is 1. The Morgan fingerprint density at radius 3 is 2.78 bits per heavy atom. The Bertz CT molecular complexity index is 768. The first kappa shape index (κ1) is 18.1. The lowest BCUT2D eigenvalue weighted by Gasteiger charge is -2.40. The van der Waals surface area contributed by atoms with Crippen molar-refractivity contribution in [2.75, 3.05) is 19.6 Å². The Kier molecular flexibility index (Phi) is 4.71. The number of ether oxygens (including phenoxy) is 1. The van der Waals surface area contributed by atoms with Gasteiger partial charge >= 0.3 is 13.1 Å². The van der Waals surface area contributed by atoms with Gasteiger partial charge in [0.25, 0.3) is 0 Å². The summed E-state index contributed by atoms with van der Waals surface area (Å²) in [5, 5.41) is 31.8. The van der Waals surface area contributed by atoms with E-state index >= 15 is 0 Å². The van der Waals surface area contributed by atoms with E-state index in [-0.39, 0.29) is 35.1 Å². The third-order valence-corrected chi connectivity index (χ3v) is 5.19. The standard InChI is InChI=1S/C17H21BN2O7/c21-10-5-12(19-6-10)16(22)20-7-11(8-20)26-13-2-1-9-3-4-18(25)27-15(9)14(13)17(23)24/h1-2,10-12,19,21,25H,3-8H2,(H,23,24)/t10-,12-/m0/s1. The van der Waals surface area contributed by atoms with Gasteiger partial charge in [-0.3, -0.25) is 4.79 Å². The van der Waals surface area contributed by atoms with Crippen LogP contribution in [0.1, 0.15) is 22.3 Å². The number of likely N-dealkylation sites (tertiary alicyclic amines) is 1. The number of aryl methyl sites for hydroxylation is 1. The highest BCUT2D eigenvalue weighted by Gasteiger charge is 2.39. The number of β-amino-alcohol motifs (C(OH)–C–C–N with tert-alkyl or cyclic N) is 1. The summed E-state index contributed by atoms with van der Waals surface area (Å²) in [6, 6.07) is 2.96. The maximum atomic E-state index is 12.3. The summed E-state index contributed by atoms with van der Waals surface area (Å²) >= 11 is 0. The van der Waals surface area contributed by atoms with Gasteiger partial charge in [-0.15, -0.1) is 0 Å². The molecule has 3 aliphatic heterocycles. The summed E-state index contributed by atoms with van der Waals surface area (Å²) in [5.41, 5.74) is 0.623. The number of nitrogens with one attached hydrogen (secondary N) is 1. The van der Waals surface area contributed by atoms with E-state index in [0.29, 0.717) is 38.8 Å². The number of hydrogen-bond acceptors (Lipinski definition) is 7. The van der Waals surface area contributed by atoms with E-state index in [1.54, 1.807) is 17.0 Å². The van der Waals surface area contributed by atoms with Crippen LogP contribution in [0.2, 0.25) is 6.32 Å². The molecule has 0 unspecified atom stereocenters. The zero-order chi connectivity index (χ0) is 19.1. The Hall–Kier alpha value is -2.30. The van der Waals surface area contributed by atoms with Crippen molar-refractivity contribution in [1.82, 2.24) is 10.2 Å². The number of carboxylic acids is 1. The predicted octanol–water partition coefficient (Wildman–Crippen LogP) is -0.887. The van der Waals surface area contributed by atoms with Crippen LogP contribution in [0.4, 0.5) is 0 Å². The minimum atomic E-state index is -1.19. The minimum Gasteiger partial charge on any atom is -0.535 e. The van der Waals surface area contributed by atoms with E-state index in [9.17, 15) is 24.8 Å². The van der Waals surface area contributed by atoms with Gasteiger partial charge in [0.2, 0.25) is 5.91 Å². The van der Waals surface area contributed by atoms with Crippen LogP contribution in [-0.4, -0.2) is 77.0 Å². The molecule has 0 spiro atoms. The molecule has 2 saturated heterocycles. The molecule has 2 fully saturated rings. The molecule has 2 atom stereocenters. The third-order valence-electron chi connectivity index (χ3n) is 5.19. The van der Waals surface area contributed by atoms with Crippen LogP contribution in [0, 0.1) is 0 Å². The zero-order valence-corrected chi connectivity index (χ0v) is 14.6. The zero-order valence-electron chi connectivity index (χ0n) is 14.6. The van der Waals surface area contributed by atoms with Crippen molar-refractivity contribution in [1.29, 1.82) is 0 Å². The molecular weight excluding hydrogens is 355 g/mol. The number of aliphatic hydroxyl groups is 1. The number of rotatable bonds is 4. The highest BCUT2D eigenvalue weighted by molar-refractivity contribution is 6.44. The molecule has 1 aromatic carbocycles. The van der Waals surface area contributed by atoms with Gasteiger partial charge in [0.1, 0.15) is 23.2 Å². The van der Waals surface area contributed by atoms with E-state index in [0.717, 1.165) is 5.56 Å². The maximum absolute atomic E-state index is 12.3. The number of aliphatic hydroxyl groups excluding tert-OH is 1. The number of carboxylic acid groups (broad SMARTS) is 1. The topological polar surface area (TPSA) is 129 Å². The fourth-order valence-corrected chi connectivity index (χ4v) is 3.71. The molecule has 3 heterocycles. The Balaban J connectivity index is 1.43. The molecular formula is C17H21BN2O7. The minimum absolute atomic E-state index is 0.0817. The first-order valence-electron chi connectivity index (χ1n) is 9.03. The summed E-state index contributed by atoms with van der Waals surface area (Å²) in [6.07, 6.45) is 0.522. The fourth-order valence-electron chi connectivity index (χ4n) is 3.71. The average molecular weight is 376 g/mol. The number of carbonyl (C=O) groups excluding carboxylic acids is 1. The molecule has 144 valence electrons. The largest absolute Gasteiger partial charge is 0.535 e. The Labute approximate surface area is 156 Å². The van der Waals surface area contributed by atoms with Gasteiger partial charge in [0, 0.05) is 6.54 Å². The molecule has 0 radical (unpaired) electrons. The van der Waals surface area contributed by atoms with Crippen LogP contribution in [0.25, 0.3) is 0 Å². The number of hydrogen-bond donors (Lipinski definition) is 4. The lowest BCUT2D eigenvalue weighted by Crippen LogP contribution is -2.59. The van der Waals surface area contributed by atoms with Gasteiger partial charge < -0.3 is 34.8 Å². The molecule has 4 rings (SSSR count). The third kappa shape index (κ3) is 3.47. The number of fused-ring (bicyclic) bond motifs is 1. The van der Waals surface area contributed by atoms with Crippen LogP contribution in [0.5, 0.6) is 11.5 Å². The van der Waals surface area contributed by atoms with E-state index in [2.05, 4.69) is 5.32 Å². The molecule has 9 nitrogen and oxygen atoms in total. The number of aromatic carboxylic acids is 1. The van der Waals surface area contributed by atoms with Gasteiger partial charge in [0.15, 0.2) is 0 Å². The first-order chi connectivity index (χ1) is 12.9. The summed E-state index contributed by atoms with van der Waals surface area (Å²) in [7, 11) is -1.03. The van der Waals surface area contributed by atoms with Crippen molar-refractivity contribution < 1.29 is 34.2 Å². The summed E-state index contributed by atoms with van der Waals surface area (Å²) in [5.74, 6) is -0.953. The quantitative estimate of drug-likeness (QED) is 0.499. The highest BCUT2D eigenvalue weighted by atomic mass is 16.5. The van der Waals surface area contributed by atoms with Crippen LogP contribution in [-0.2, 0) is 11.2 Å². The van der Waals surface area contributed by atoms with E-state index in [1.807, 2.05) is 0 Å². The molecule has 0 aromatic heterocycles. The number of amides is 1. The van der Waals surface area contributed by atoms with Gasteiger partial charge in [-0.05, 0) is 30.8 Å². The van der Waals surface area contributed by atoms with Crippen LogP contribution >= 0.6 is 0 Å². The predicted molar refractivity (Wildman–Crippen MR) is 93.9 cm³/mol. The highest BCUT2D eigenvalue weighted by Crippen LogP contribution is 2.37. The van der Waals surface area contributed by atoms with Crippen molar-refractivity contribution in [2.45, 2.75) is 37.4 Å². The second kappa shape index (κ2) is 7.03. The van der Waals surface area contributed by atoms with Gasteiger partial charge in [-0.1, -0.05) is 6.07 Å². The second-order valence-corrected chi connectivity index (χ2v) is 7.18. The lowest BCUT2D eigenvalue weighted by molar-refractivity contribution is -0.142. The van der Waals surface area contributed by atoms with Gasteiger partial charge in [-0.2, -0.15) is 0 Å². The van der Waals surface area contributed by atoms with E-state index in [4.69, 9.17) is 9.39 Å². The monoisotopic (exact) mass is 376 g/mol. The SMILES string of the molecule is O=C(O)c1c(OC2CN(C(=O)[C@@H]3C[C@H](O)CN3)C2)ccc2c1OB(O)CC2. The lowest BCUT2D eigenvalue weighted by atomic mass is 9.78. The Morgan fingerprint density at radius 2 is 2.11 bits per heavy atom. The van der Waals surface area contributed by atoms with Crippen LogP contribution in [0.3, 0.4) is 0 Å². The van der Waals surface area contributed by atoms with Crippen molar-refractivity contribution in [3.05, 3.63) is 23.3 Å². The van der Waals surface area contributed by atoms with Crippen LogP contribution in [0.15, 0.2) is 12.1 Å². The Morgan fingerprint density at radius 1 is 1.33 bits per heavy atom. The molecule has 4 N–H and O–H groups in total. The molecule has 0 saturated carbocycles. The molecule has 0 aliphatic carbocycles. The van der Waals surface area contributed by atoms with E-state index < -0.39 is 19.2 Å². The van der Waals surface area contributed by atoms with Crippen LogP contribution < -0.4 is 14.7 Å². The molecule has 27 heavy (non-hydrogen) atoms. The van der Waals surface area contributed by atoms with Crippen molar-refractivity contribution in [3.63, 3.8) is 0 Å². The van der Waals surface area contributed by atoms with E-state index in [1.165, 1.54) is 0 Å². The molecule has 0 bridgehead atoms. The summed E-state index contributed by atoms with van der Waals surface area (Å²) < 4.78 is 11.1.